The van der Waals surface area contributed by atoms with Crippen LogP contribution >= 0.6 is 0 Å². The summed E-state index contributed by atoms with van der Waals surface area (Å²) in [5.74, 6) is -1.43. The number of halogens is 1. The number of para-hydroxylation sites is 2. The van der Waals surface area contributed by atoms with Crippen molar-refractivity contribution in [1.82, 2.24) is 10.2 Å². The quantitative estimate of drug-likeness (QED) is 0.677. The second-order valence-corrected chi connectivity index (χ2v) is 9.95. The molecule has 3 aliphatic heterocycles. The fourth-order valence-corrected chi connectivity index (χ4v) is 5.49. The second kappa shape index (κ2) is 7.30. The molecule has 0 saturated carbocycles. The van der Waals surface area contributed by atoms with Crippen LogP contribution in [0.15, 0.2) is 48.5 Å². The summed E-state index contributed by atoms with van der Waals surface area (Å²) in [7, 11) is 0. The number of hydrogen-bond donors (Lipinski definition) is 1. The summed E-state index contributed by atoms with van der Waals surface area (Å²) in [6.45, 7) is 6.65. The number of carbonyl (C=O) groups is 3. The number of hydrogen-bond acceptors (Lipinski definition) is 5. The Morgan fingerprint density at radius 2 is 1.64 bits per heavy atom. The van der Waals surface area contributed by atoms with Crippen LogP contribution in [-0.2, 0) is 16.0 Å². The fourth-order valence-electron chi connectivity index (χ4n) is 5.49. The summed E-state index contributed by atoms with van der Waals surface area (Å²) in [6, 6.07) is 13.0. The third kappa shape index (κ3) is 3.11. The highest BCUT2D eigenvalue weighted by Gasteiger charge is 2.64. The number of amides is 4. The Labute approximate surface area is 192 Å². The predicted octanol–water partition coefficient (Wildman–Crippen LogP) is 2.94. The zero-order chi connectivity index (χ0) is 23.5. The van der Waals surface area contributed by atoms with Crippen LogP contribution in [0, 0.1) is 11.2 Å². The third-order valence-electron chi connectivity index (χ3n) is 7.00. The first-order valence-electron chi connectivity index (χ1n) is 11.2. The lowest BCUT2D eigenvalue weighted by atomic mass is 9.67. The first-order valence-corrected chi connectivity index (χ1v) is 11.2. The second-order valence-electron chi connectivity index (χ2n) is 9.95. The molecule has 2 aromatic rings. The fraction of sp³-hybridized carbons (Fsp3) is 0.400. The molecule has 172 valence electrons. The summed E-state index contributed by atoms with van der Waals surface area (Å²) in [5.41, 5.74) is -0.00441. The average Bonchev–Trinajstić information content (AvgIpc) is 2.76. The standard InChI is InChI=1S/C25H27FN4O3/c1-24(2,3)30-22(32)25(21(31)27-23(30)33)14-16-8-4-6-10-18(16)29-13-12-28(15-20(25)29)19-11-7-5-9-17(19)26/h4-11,20H,12-15H2,1-3H3,(H,27,31,33). The van der Waals surface area contributed by atoms with E-state index in [2.05, 4.69) is 10.2 Å². The van der Waals surface area contributed by atoms with Crippen LogP contribution in [0.4, 0.5) is 20.6 Å². The molecule has 2 unspecified atom stereocenters. The molecule has 3 aliphatic rings. The zero-order valence-electron chi connectivity index (χ0n) is 19.0. The molecule has 33 heavy (non-hydrogen) atoms. The molecule has 0 bridgehead atoms. The normalized spacial score (nSPS) is 25.2. The van der Waals surface area contributed by atoms with E-state index in [1.165, 1.54) is 11.0 Å². The maximum absolute atomic E-state index is 14.6. The van der Waals surface area contributed by atoms with Crippen LogP contribution < -0.4 is 15.1 Å². The number of urea groups is 1. The van der Waals surface area contributed by atoms with Gasteiger partial charge in [0.1, 0.15) is 5.82 Å². The minimum Gasteiger partial charge on any atom is -0.365 e. The molecular weight excluding hydrogens is 423 g/mol. The minimum absolute atomic E-state index is 0.181. The van der Waals surface area contributed by atoms with Crippen molar-refractivity contribution in [3.05, 3.63) is 59.9 Å². The topological polar surface area (TPSA) is 73.0 Å². The van der Waals surface area contributed by atoms with Crippen LogP contribution in [0.5, 0.6) is 0 Å². The van der Waals surface area contributed by atoms with Crippen molar-refractivity contribution in [2.24, 2.45) is 5.41 Å². The van der Waals surface area contributed by atoms with E-state index in [0.717, 1.165) is 11.3 Å². The van der Waals surface area contributed by atoms with Gasteiger partial charge in [-0.1, -0.05) is 30.3 Å². The summed E-state index contributed by atoms with van der Waals surface area (Å²) < 4.78 is 14.6. The number of nitrogens with one attached hydrogen (secondary N) is 1. The monoisotopic (exact) mass is 450 g/mol. The van der Waals surface area contributed by atoms with Gasteiger partial charge in [0.15, 0.2) is 5.41 Å². The van der Waals surface area contributed by atoms with Gasteiger partial charge in [-0.2, -0.15) is 0 Å². The van der Waals surface area contributed by atoms with Gasteiger partial charge in [-0.05, 0) is 51.0 Å². The number of imide groups is 2. The van der Waals surface area contributed by atoms with Crippen LogP contribution in [0.1, 0.15) is 26.3 Å². The van der Waals surface area contributed by atoms with Crippen molar-refractivity contribution < 1.29 is 18.8 Å². The van der Waals surface area contributed by atoms with Gasteiger partial charge in [0.2, 0.25) is 11.8 Å². The molecular formula is C25H27FN4O3. The summed E-state index contributed by atoms with van der Waals surface area (Å²) >= 11 is 0. The maximum Gasteiger partial charge on any atom is 0.331 e. The van der Waals surface area contributed by atoms with Gasteiger partial charge in [-0.3, -0.25) is 19.8 Å². The molecule has 2 atom stereocenters. The number of carbonyl (C=O) groups excluding carboxylic acids is 3. The van der Waals surface area contributed by atoms with E-state index in [9.17, 15) is 18.8 Å². The Morgan fingerprint density at radius 1 is 0.970 bits per heavy atom. The summed E-state index contributed by atoms with van der Waals surface area (Å²) in [5, 5.41) is 2.46. The first-order chi connectivity index (χ1) is 15.6. The Hall–Kier alpha value is -3.42. The van der Waals surface area contributed by atoms with Crippen molar-refractivity contribution in [1.29, 1.82) is 0 Å². The predicted molar refractivity (Wildman–Crippen MR) is 122 cm³/mol. The molecule has 2 aromatic carbocycles. The SMILES string of the molecule is CC(C)(C)N1C(=O)NC(=O)C2(Cc3ccccc3N3CCN(c4ccccc4F)CC32)C1=O. The number of rotatable bonds is 1. The highest BCUT2D eigenvalue weighted by Crippen LogP contribution is 2.47. The van der Waals surface area contributed by atoms with Crippen LogP contribution in [-0.4, -0.2) is 54.0 Å². The van der Waals surface area contributed by atoms with E-state index >= 15 is 0 Å². The molecule has 8 heteroatoms. The number of nitrogens with zero attached hydrogens (tertiary/aromatic N) is 3. The van der Waals surface area contributed by atoms with Gasteiger partial charge >= 0.3 is 6.03 Å². The average molecular weight is 451 g/mol. The zero-order valence-corrected chi connectivity index (χ0v) is 19.0. The molecule has 1 spiro atoms. The molecule has 1 N–H and O–H groups in total. The van der Waals surface area contributed by atoms with Crippen molar-refractivity contribution in [2.75, 3.05) is 29.4 Å². The van der Waals surface area contributed by atoms with Crippen molar-refractivity contribution >= 4 is 29.2 Å². The van der Waals surface area contributed by atoms with Gasteiger partial charge in [0.05, 0.1) is 11.7 Å². The van der Waals surface area contributed by atoms with E-state index < -0.39 is 34.8 Å². The lowest BCUT2D eigenvalue weighted by Crippen LogP contribution is -2.77. The Kier molecular flexibility index (Phi) is 4.74. The van der Waals surface area contributed by atoms with Crippen molar-refractivity contribution in [3.8, 4) is 0 Å². The summed E-state index contributed by atoms with van der Waals surface area (Å²) in [4.78, 5) is 45.5. The van der Waals surface area contributed by atoms with Crippen molar-refractivity contribution in [2.45, 2.75) is 38.8 Å². The van der Waals surface area contributed by atoms with Gasteiger partial charge in [0.25, 0.3) is 0 Å². The number of fused-ring (bicyclic) bond motifs is 4. The molecule has 2 saturated heterocycles. The Balaban J connectivity index is 1.65. The van der Waals surface area contributed by atoms with Crippen LogP contribution in [0.25, 0.3) is 0 Å². The molecule has 3 heterocycles. The molecule has 4 amide bonds. The van der Waals surface area contributed by atoms with Gasteiger partial charge in [-0.15, -0.1) is 0 Å². The number of barbiturate groups is 1. The Bertz CT molecular complexity index is 1160. The van der Waals surface area contributed by atoms with Crippen LogP contribution in [0.3, 0.4) is 0 Å². The largest absolute Gasteiger partial charge is 0.365 e. The van der Waals surface area contributed by atoms with E-state index in [-0.39, 0.29) is 18.8 Å². The van der Waals surface area contributed by atoms with E-state index in [0.29, 0.717) is 18.8 Å². The molecule has 0 radical (unpaired) electrons. The summed E-state index contributed by atoms with van der Waals surface area (Å²) in [6.07, 6.45) is 0.181. The number of benzene rings is 2. The highest BCUT2D eigenvalue weighted by molar-refractivity contribution is 6.20. The van der Waals surface area contributed by atoms with Crippen molar-refractivity contribution in [3.63, 3.8) is 0 Å². The smallest absolute Gasteiger partial charge is 0.331 e. The van der Waals surface area contributed by atoms with Crippen LogP contribution in [0.2, 0.25) is 0 Å². The Morgan fingerprint density at radius 3 is 2.33 bits per heavy atom. The van der Waals surface area contributed by atoms with E-state index in [4.69, 9.17) is 0 Å². The van der Waals surface area contributed by atoms with Gasteiger partial charge in [0, 0.05) is 30.9 Å². The van der Waals surface area contributed by atoms with Gasteiger partial charge in [-0.25, -0.2) is 9.18 Å². The molecule has 0 aromatic heterocycles. The lowest BCUT2D eigenvalue weighted by Gasteiger charge is -2.56. The molecule has 0 aliphatic carbocycles. The lowest BCUT2D eigenvalue weighted by molar-refractivity contribution is -0.156. The third-order valence-corrected chi connectivity index (χ3v) is 7.00. The van der Waals surface area contributed by atoms with E-state index in [1.807, 2.05) is 29.2 Å². The number of anilines is 2. The molecule has 7 nitrogen and oxygen atoms in total. The number of piperazine rings is 1. The highest BCUT2D eigenvalue weighted by atomic mass is 19.1. The van der Waals surface area contributed by atoms with Gasteiger partial charge < -0.3 is 9.80 Å². The molecule has 2 fully saturated rings. The molecule has 5 rings (SSSR count). The first kappa shape index (κ1) is 21.4. The van der Waals surface area contributed by atoms with E-state index in [1.54, 1.807) is 39.0 Å². The maximum atomic E-state index is 14.6. The minimum atomic E-state index is -1.50.